The van der Waals surface area contributed by atoms with Crippen molar-refractivity contribution in [2.45, 2.75) is 6.36 Å². The maximum Gasteiger partial charge on any atom is 0.573 e. The summed E-state index contributed by atoms with van der Waals surface area (Å²) in [6, 6.07) is 10.8. The van der Waals surface area contributed by atoms with Crippen molar-refractivity contribution in [3.63, 3.8) is 0 Å². The van der Waals surface area contributed by atoms with E-state index in [2.05, 4.69) is 20.4 Å². The predicted molar refractivity (Wildman–Crippen MR) is 70.2 cm³/mol. The molecular formula is C13H12F3N3O. The third-order valence-corrected chi connectivity index (χ3v) is 2.37. The Morgan fingerprint density at radius 2 is 1.65 bits per heavy atom. The quantitative estimate of drug-likeness (QED) is 0.896. The van der Waals surface area contributed by atoms with Crippen molar-refractivity contribution in [2.24, 2.45) is 0 Å². The maximum atomic E-state index is 12.0. The molecule has 0 atom stereocenters. The Morgan fingerprint density at radius 3 is 2.25 bits per heavy atom. The normalized spacial score (nSPS) is 11.0. The zero-order valence-corrected chi connectivity index (χ0v) is 10.5. The number of anilines is 3. The molecule has 1 aromatic carbocycles. The first-order chi connectivity index (χ1) is 9.46. The van der Waals surface area contributed by atoms with Gasteiger partial charge >= 0.3 is 6.36 Å². The molecule has 7 heteroatoms. The van der Waals surface area contributed by atoms with Gasteiger partial charge in [0, 0.05) is 12.7 Å². The van der Waals surface area contributed by atoms with Crippen molar-refractivity contribution in [1.82, 2.24) is 4.98 Å². The number of rotatable bonds is 4. The summed E-state index contributed by atoms with van der Waals surface area (Å²) < 4.78 is 39.8. The van der Waals surface area contributed by atoms with Gasteiger partial charge in [-0.3, -0.25) is 0 Å². The zero-order chi connectivity index (χ0) is 14.6. The van der Waals surface area contributed by atoms with Gasteiger partial charge in [-0.2, -0.15) is 0 Å². The van der Waals surface area contributed by atoms with Crippen LogP contribution >= 0.6 is 0 Å². The van der Waals surface area contributed by atoms with E-state index in [0.717, 1.165) is 0 Å². The minimum atomic E-state index is -4.68. The number of ether oxygens (including phenoxy) is 1. The lowest BCUT2D eigenvalue weighted by Gasteiger charge is -2.10. The van der Waals surface area contributed by atoms with Gasteiger partial charge in [0.2, 0.25) is 0 Å². The highest BCUT2D eigenvalue weighted by Gasteiger charge is 2.30. The van der Waals surface area contributed by atoms with Crippen molar-refractivity contribution in [3.8, 4) is 5.75 Å². The average Bonchev–Trinajstić information content (AvgIpc) is 2.40. The summed E-state index contributed by atoms with van der Waals surface area (Å²) in [5, 5.41) is 5.87. The van der Waals surface area contributed by atoms with E-state index >= 15 is 0 Å². The van der Waals surface area contributed by atoms with Crippen molar-refractivity contribution < 1.29 is 17.9 Å². The van der Waals surface area contributed by atoms with Gasteiger partial charge < -0.3 is 15.4 Å². The number of hydrogen-bond donors (Lipinski definition) is 2. The molecule has 0 bridgehead atoms. The molecule has 106 valence electrons. The third kappa shape index (κ3) is 4.04. The second-order valence-corrected chi connectivity index (χ2v) is 3.86. The molecule has 0 saturated heterocycles. The highest BCUT2D eigenvalue weighted by Crippen LogP contribution is 2.25. The van der Waals surface area contributed by atoms with Crippen molar-refractivity contribution in [1.29, 1.82) is 0 Å². The Labute approximate surface area is 113 Å². The van der Waals surface area contributed by atoms with Crippen LogP contribution < -0.4 is 15.4 Å². The van der Waals surface area contributed by atoms with E-state index in [9.17, 15) is 13.2 Å². The summed E-state index contributed by atoms with van der Waals surface area (Å²) in [5.74, 6) is 1.01. The van der Waals surface area contributed by atoms with Gasteiger partial charge in [0.15, 0.2) is 0 Å². The largest absolute Gasteiger partial charge is 0.573 e. The predicted octanol–water partition coefficient (Wildman–Crippen LogP) is 3.77. The first-order valence-corrected chi connectivity index (χ1v) is 5.74. The lowest BCUT2D eigenvalue weighted by molar-refractivity contribution is -0.274. The summed E-state index contributed by atoms with van der Waals surface area (Å²) in [4.78, 5) is 4.23. The molecule has 0 spiro atoms. The molecule has 1 heterocycles. The maximum absolute atomic E-state index is 12.0. The molecule has 4 nitrogen and oxygen atoms in total. The Hall–Kier alpha value is -2.44. The minimum absolute atomic E-state index is 0.264. The molecule has 0 unspecified atom stereocenters. The lowest BCUT2D eigenvalue weighted by Crippen LogP contribution is -2.16. The van der Waals surface area contributed by atoms with Gasteiger partial charge in [-0.05, 0) is 36.4 Å². The van der Waals surface area contributed by atoms with Crippen molar-refractivity contribution >= 4 is 17.3 Å². The van der Waals surface area contributed by atoms with E-state index in [1.54, 1.807) is 19.2 Å². The van der Waals surface area contributed by atoms with E-state index in [1.807, 2.05) is 6.07 Å². The second kappa shape index (κ2) is 5.68. The van der Waals surface area contributed by atoms with Crippen LogP contribution in [0.15, 0.2) is 42.5 Å². The van der Waals surface area contributed by atoms with Crippen LogP contribution in [-0.4, -0.2) is 18.4 Å². The van der Waals surface area contributed by atoms with Gasteiger partial charge in [-0.1, -0.05) is 6.07 Å². The summed E-state index contributed by atoms with van der Waals surface area (Å²) in [7, 11) is 1.75. The number of benzene rings is 1. The molecule has 2 N–H and O–H groups in total. The van der Waals surface area contributed by atoms with Crippen LogP contribution in [0, 0.1) is 0 Å². The van der Waals surface area contributed by atoms with E-state index in [4.69, 9.17) is 0 Å². The molecule has 0 aliphatic heterocycles. The fourth-order valence-corrected chi connectivity index (χ4v) is 1.53. The van der Waals surface area contributed by atoms with E-state index in [1.165, 1.54) is 24.3 Å². The molecule has 0 fully saturated rings. The van der Waals surface area contributed by atoms with E-state index in [0.29, 0.717) is 17.3 Å². The topological polar surface area (TPSA) is 46.2 Å². The number of aromatic nitrogens is 1. The Balaban J connectivity index is 2.06. The number of nitrogens with one attached hydrogen (secondary N) is 2. The highest BCUT2D eigenvalue weighted by atomic mass is 19.4. The summed E-state index contributed by atoms with van der Waals surface area (Å²) in [6.07, 6.45) is -4.68. The first kappa shape index (κ1) is 14.0. The SMILES string of the molecule is CNc1cccc(Nc2ccc(OC(F)(F)F)cc2)n1. The molecule has 2 aromatic rings. The molecule has 0 aliphatic carbocycles. The smallest absolute Gasteiger partial charge is 0.406 e. The zero-order valence-electron chi connectivity index (χ0n) is 10.5. The molecule has 0 saturated carbocycles. The van der Waals surface area contributed by atoms with E-state index in [-0.39, 0.29) is 5.75 Å². The summed E-state index contributed by atoms with van der Waals surface area (Å²) in [5.41, 5.74) is 0.611. The summed E-state index contributed by atoms with van der Waals surface area (Å²) >= 11 is 0. The molecule has 1 aromatic heterocycles. The van der Waals surface area contributed by atoms with Crippen LogP contribution in [0.1, 0.15) is 0 Å². The molecular weight excluding hydrogens is 271 g/mol. The Morgan fingerprint density at radius 1 is 1.00 bits per heavy atom. The first-order valence-electron chi connectivity index (χ1n) is 5.74. The van der Waals surface area contributed by atoms with Crippen molar-refractivity contribution in [2.75, 3.05) is 17.7 Å². The van der Waals surface area contributed by atoms with Crippen LogP contribution in [0.2, 0.25) is 0 Å². The molecule has 0 radical (unpaired) electrons. The van der Waals surface area contributed by atoms with Gasteiger partial charge in [-0.25, -0.2) is 4.98 Å². The van der Waals surface area contributed by atoms with Crippen molar-refractivity contribution in [3.05, 3.63) is 42.5 Å². The van der Waals surface area contributed by atoms with Crippen LogP contribution in [-0.2, 0) is 0 Å². The standard InChI is InChI=1S/C13H12F3N3O/c1-17-11-3-2-4-12(19-11)18-9-5-7-10(8-6-9)20-13(14,15)16/h2-8H,1H3,(H2,17,18,19). The average molecular weight is 283 g/mol. The molecule has 2 rings (SSSR count). The Kier molecular flexibility index (Phi) is 3.97. The van der Waals surface area contributed by atoms with Gasteiger partial charge in [0.05, 0.1) is 0 Å². The fraction of sp³-hybridized carbons (Fsp3) is 0.154. The monoisotopic (exact) mass is 283 g/mol. The van der Waals surface area contributed by atoms with Crippen LogP contribution in [0.25, 0.3) is 0 Å². The van der Waals surface area contributed by atoms with E-state index < -0.39 is 6.36 Å². The van der Waals surface area contributed by atoms with Gasteiger partial charge in [0.1, 0.15) is 17.4 Å². The number of pyridine rings is 1. The number of hydrogen-bond acceptors (Lipinski definition) is 4. The molecule has 0 amide bonds. The van der Waals surface area contributed by atoms with Gasteiger partial charge in [0.25, 0.3) is 0 Å². The highest BCUT2D eigenvalue weighted by molar-refractivity contribution is 5.58. The van der Waals surface area contributed by atoms with Crippen LogP contribution in [0.5, 0.6) is 5.75 Å². The van der Waals surface area contributed by atoms with Crippen LogP contribution in [0.3, 0.4) is 0 Å². The van der Waals surface area contributed by atoms with Crippen LogP contribution in [0.4, 0.5) is 30.5 Å². The molecule has 0 aliphatic rings. The second-order valence-electron chi connectivity index (χ2n) is 3.86. The fourth-order valence-electron chi connectivity index (χ4n) is 1.53. The minimum Gasteiger partial charge on any atom is -0.406 e. The number of halogens is 3. The molecule has 20 heavy (non-hydrogen) atoms. The lowest BCUT2D eigenvalue weighted by atomic mass is 10.3. The third-order valence-electron chi connectivity index (χ3n) is 2.37. The Bertz CT molecular complexity index is 570. The summed E-state index contributed by atoms with van der Waals surface area (Å²) in [6.45, 7) is 0. The number of alkyl halides is 3. The van der Waals surface area contributed by atoms with Gasteiger partial charge in [-0.15, -0.1) is 13.2 Å². The number of nitrogens with zero attached hydrogens (tertiary/aromatic N) is 1.